The van der Waals surface area contributed by atoms with E-state index in [-0.39, 0.29) is 0 Å². The summed E-state index contributed by atoms with van der Waals surface area (Å²) >= 11 is 3.46. The van der Waals surface area contributed by atoms with Crippen LogP contribution in [0.25, 0.3) is 11.3 Å². The van der Waals surface area contributed by atoms with Gasteiger partial charge in [0.1, 0.15) is 11.6 Å². The number of nitrogens with zero attached hydrogens (tertiary/aromatic N) is 2. The maximum absolute atomic E-state index is 5.36. The lowest BCUT2D eigenvalue weighted by atomic mass is 10.1. The van der Waals surface area contributed by atoms with Gasteiger partial charge in [-0.05, 0) is 43.2 Å². The highest BCUT2D eigenvalue weighted by Gasteiger charge is 2.21. The Morgan fingerprint density at radius 2 is 2.05 bits per heavy atom. The Hall–Kier alpha value is -1.62. The minimum Gasteiger partial charge on any atom is -0.496 e. The minimum atomic E-state index is 0.584. The summed E-state index contributed by atoms with van der Waals surface area (Å²) in [6.07, 6.45) is 2.45. The first-order chi connectivity index (χ1) is 9.26. The molecule has 1 aromatic carbocycles. The van der Waals surface area contributed by atoms with Gasteiger partial charge in [0.2, 0.25) is 0 Å². The molecule has 1 fully saturated rings. The number of anilines is 1. The van der Waals surface area contributed by atoms with Crippen LogP contribution in [0.4, 0.5) is 5.82 Å². The van der Waals surface area contributed by atoms with Gasteiger partial charge < -0.3 is 10.1 Å². The van der Waals surface area contributed by atoms with Gasteiger partial charge in [-0.3, -0.25) is 0 Å². The molecule has 1 N–H and O–H groups in total. The molecule has 0 radical (unpaired) electrons. The zero-order chi connectivity index (χ0) is 13.2. The molecule has 0 aliphatic heterocycles. The Balaban J connectivity index is 1.90. The fraction of sp³-hybridized carbons (Fsp3) is 0.286. The first-order valence-corrected chi connectivity index (χ1v) is 7.00. The summed E-state index contributed by atoms with van der Waals surface area (Å²) in [4.78, 5) is 0. The summed E-state index contributed by atoms with van der Waals surface area (Å²) in [5, 5.41) is 11.8. The van der Waals surface area contributed by atoms with E-state index in [2.05, 4.69) is 31.4 Å². The lowest BCUT2D eigenvalue weighted by Crippen LogP contribution is -2.04. The number of nitrogens with one attached hydrogen (secondary N) is 1. The van der Waals surface area contributed by atoms with Crippen molar-refractivity contribution in [3.05, 3.63) is 34.8 Å². The molecule has 0 spiro atoms. The highest BCUT2D eigenvalue weighted by Crippen LogP contribution is 2.31. The Morgan fingerprint density at radius 3 is 2.68 bits per heavy atom. The van der Waals surface area contributed by atoms with Crippen LogP contribution in [-0.4, -0.2) is 23.3 Å². The molecule has 0 unspecified atom stereocenters. The van der Waals surface area contributed by atoms with E-state index in [4.69, 9.17) is 4.74 Å². The average Bonchev–Trinajstić information content (AvgIpc) is 3.23. The maximum Gasteiger partial charge on any atom is 0.148 e. The predicted molar refractivity (Wildman–Crippen MR) is 78.4 cm³/mol. The highest BCUT2D eigenvalue weighted by atomic mass is 79.9. The Bertz CT molecular complexity index is 582. The standard InChI is InChI=1S/C14H14BrN3O/c1-19-13-6-2-9(15)8-11(13)12-5-7-14(18-17-12)16-10-3-4-10/h2,5-8,10H,3-4H2,1H3,(H,16,18). The topological polar surface area (TPSA) is 47.0 Å². The molecule has 98 valence electrons. The molecule has 2 aromatic rings. The van der Waals surface area contributed by atoms with Crippen molar-refractivity contribution in [1.29, 1.82) is 0 Å². The summed E-state index contributed by atoms with van der Waals surface area (Å²) in [5.74, 6) is 1.63. The number of ether oxygens (including phenoxy) is 1. The number of aromatic nitrogens is 2. The van der Waals surface area contributed by atoms with Crippen molar-refractivity contribution in [2.75, 3.05) is 12.4 Å². The highest BCUT2D eigenvalue weighted by molar-refractivity contribution is 9.10. The molecule has 1 saturated carbocycles. The van der Waals surface area contributed by atoms with E-state index in [0.717, 1.165) is 27.3 Å². The fourth-order valence-corrected chi connectivity index (χ4v) is 2.23. The number of benzene rings is 1. The lowest BCUT2D eigenvalue weighted by Gasteiger charge is -2.09. The second kappa shape index (κ2) is 5.17. The first kappa shape index (κ1) is 12.4. The molecule has 19 heavy (non-hydrogen) atoms. The predicted octanol–water partition coefficient (Wildman–Crippen LogP) is 3.49. The molecule has 1 aliphatic rings. The SMILES string of the molecule is COc1ccc(Br)cc1-c1ccc(NC2CC2)nn1. The molecule has 0 amide bonds. The molecule has 5 heteroatoms. The third-order valence-corrected chi connectivity index (χ3v) is 3.52. The van der Waals surface area contributed by atoms with Crippen LogP contribution in [0.5, 0.6) is 5.75 Å². The molecule has 4 nitrogen and oxygen atoms in total. The lowest BCUT2D eigenvalue weighted by molar-refractivity contribution is 0.416. The van der Waals surface area contributed by atoms with Gasteiger partial charge in [-0.2, -0.15) is 0 Å². The van der Waals surface area contributed by atoms with Crippen molar-refractivity contribution in [2.45, 2.75) is 18.9 Å². The Labute approximate surface area is 120 Å². The van der Waals surface area contributed by atoms with E-state index in [9.17, 15) is 0 Å². The molecular formula is C14H14BrN3O. The molecule has 0 atom stereocenters. The monoisotopic (exact) mass is 319 g/mol. The second-order valence-electron chi connectivity index (χ2n) is 4.57. The van der Waals surface area contributed by atoms with E-state index < -0.39 is 0 Å². The summed E-state index contributed by atoms with van der Waals surface area (Å²) in [6.45, 7) is 0. The van der Waals surface area contributed by atoms with E-state index in [1.165, 1.54) is 12.8 Å². The quantitative estimate of drug-likeness (QED) is 0.937. The summed E-state index contributed by atoms with van der Waals surface area (Å²) < 4.78 is 6.35. The smallest absolute Gasteiger partial charge is 0.148 e. The third-order valence-electron chi connectivity index (χ3n) is 3.03. The third kappa shape index (κ3) is 2.87. The normalized spacial score (nSPS) is 14.2. The molecule has 3 rings (SSSR count). The van der Waals surface area contributed by atoms with Crippen molar-refractivity contribution < 1.29 is 4.74 Å². The Morgan fingerprint density at radius 1 is 1.21 bits per heavy atom. The van der Waals surface area contributed by atoms with Gasteiger partial charge in [0.25, 0.3) is 0 Å². The van der Waals surface area contributed by atoms with Crippen LogP contribution >= 0.6 is 15.9 Å². The van der Waals surface area contributed by atoms with Gasteiger partial charge in [-0.15, -0.1) is 10.2 Å². The van der Waals surface area contributed by atoms with Crippen LogP contribution in [0.3, 0.4) is 0 Å². The summed E-state index contributed by atoms with van der Waals surface area (Å²) in [6, 6.07) is 10.3. The number of rotatable bonds is 4. The van der Waals surface area contributed by atoms with Crippen molar-refractivity contribution in [3.8, 4) is 17.0 Å². The largest absolute Gasteiger partial charge is 0.496 e. The van der Waals surface area contributed by atoms with E-state index >= 15 is 0 Å². The van der Waals surface area contributed by atoms with Crippen LogP contribution in [0.15, 0.2) is 34.8 Å². The van der Waals surface area contributed by atoms with Gasteiger partial charge in [0.15, 0.2) is 0 Å². The van der Waals surface area contributed by atoms with Crippen LogP contribution in [0.2, 0.25) is 0 Å². The zero-order valence-corrected chi connectivity index (χ0v) is 12.1. The molecule has 1 aromatic heterocycles. The van der Waals surface area contributed by atoms with Crippen LogP contribution < -0.4 is 10.1 Å². The molecule has 0 saturated heterocycles. The van der Waals surface area contributed by atoms with Crippen molar-refractivity contribution >= 4 is 21.7 Å². The minimum absolute atomic E-state index is 0.584. The summed E-state index contributed by atoms with van der Waals surface area (Å²) in [7, 11) is 1.66. The van der Waals surface area contributed by atoms with Gasteiger partial charge in [-0.25, -0.2) is 0 Å². The van der Waals surface area contributed by atoms with Crippen LogP contribution in [0.1, 0.15) is 12.8 Å². The number of hydrogen-bond acceptors (Lipinski definition) is 4. The molecule has 0 bridgehead atoms. The maximum atomic E-state index is 5.36. The van der Waals surface area contributed by atoms with Gasteiger partial charge in [0, 0.05) is 16.1 Å². The molecular weight excluding hydrogens is 306 g/mol. The van der Waals surface area contributed by atoms with E-state index in [0.29, 0.717) is 6.04 Å². The van der Waals surface area contributed by atoms with Crippen molar-refractivity contribution in [2.24, 2.45) is 0 Å². The first-order valence-electron chi connectivity index (χ1n) is 6.20. The van der Waals surface area contributed by atoms with Crippen molar-refractivity contribution in [1.82, 2.24) is 10.2 Å². The Kier molecular flexibility index (Phi) is 3.38. The number of halogens is 1. The summed E-state index contributed by atoms with van der Waals surface area (Å²) in [5.41, 5.74) is 1.74. The van der Waals surface area contributed by atoms with E-state index in [1.807, 2.05) is 30.3 Å². The van der Waals surface area contributed by atoms with Crippen LogP contribution in [0, 0.1) is 0 Å². The van der Waals surface area contributed by atoms with Crippen molar-refractivity contribution in [3.63, 3.8) is 0 Å². The van der Waals surface area contributed by atoms with Gasteiger partial charge >= 0.3 is 0 Å². The van der Waals surface area contributed by atoms with Gasteiger partial charge in [-0.1, -0.05) is 15.9 Å². The zero-order valence-electron chi connectivity index (χ0n) is 10.6. The number of hydrogen-bond donors (Lipinski definition) is 1. The molecule has 1 aliphatic carbocycles. The van der Waals surface area contributed by atoms with E-state index in [1.54, 1.807) is 7.11 Å². The average molecular weight is 320 g/mol. The van der Waals surface area contributed by atoms with Gasteiger partial charge in [0.05, 0.1) is 12.8 Å². The second-order valence-corrected chi connectivity index (χ2v) is 5.48. The molecule has 1 heterocycles. The fourth-order valence-electron chi connectivity index (χ4n) is 1.87. The van der Waals surface area contributed by atoms with Crippen LogP contribution in [-0.2, 0) is 0 Å². The number of methoxy groups -OCH3 is 1.